The van der Waals surface area contributed by atoms with Crippen LogP contribution in [0.3, 0.4) is 0 Å². The molecule has 0 saturated carbocycles. The average Bonchev–Trinajstić information content (AvgIpc) is 2.04. The van der Waals surface area contributed by atoms with Gasteiger partial charge in [-0.25, -0.2) is 9.59 Å². The first kappa shape index (κ1) is 12.6. The van der Waals surface area contributed by atoms with Crippen LogP contribution in [0.15, 0.2) is 0 Å². The Morgan fingerprint density at radius 1 is 1.38 bits per heavy atom. The highest BCUT2D eigenvalue weighted by atomic mass is 32.1. The van der Waals surface area contributed by atoms with Gasteiger partial charge < -0.3 is 14.6 Å². The van der Waals surface area contributed by atoms with Gasteiger partial charge in [0.15, 0.2) is 10.9 Å². The van der Waals surface area contributed by atoms with Crippen molar-refractivity contribution in [3.8, 4) is 0 Å². The van der Waals surface area contributed by atoms with Gasteiger partial charge in [-0.3, -0.25) is 0 Å². The summed E-state index contributed by atoms with van der Waals surface area (Å²) in [5, 5.41) is 8.36. The quantitative estimate of drug-likeness (QED) is 0.354. The third kappa shape index (κ3) is 5.02. The monoisotopic (exact) mass is 226 g/mol. The highest BCUT2D eigenvalue weighted by Gasteiger charge is 2.22. The number of carboxylic acid groups (broad SMARTS) is 1. The molecule has 0 aliphatic heterocycles. The van der Waals surface area contributed by atoms with Gasteiger partial charge in [-0.05, 0) is 6.92 Å². The number of hydrogen-bond donors (Lipinski definition) is 3. The zero-order valence-corrected chi connectivity index (χ0v) is 8.63. The van der Waals surface area contributed by atoms with Crippen LogP contribution in [0.25, 0.3) is 0 Å². The Morgan fingerprint density at radius 3 is 2.31 bits per heavy atom. The Balaban J connectivity index is 3.92. The van der Waals surface area contributed by atoms with Gasteiger partial charge in [0.2, 0.25) is 0 Å². The lowest BCUT2D eigenvalue weighted by Gasteiger charge is -2.12. The minimum Gasteiger partial charge on any atom is -0.479 e. The van der Waals surface area contributed by atoms with Crippen LogP contribution in [-0.2, 0) is 19.1 Å². The van der Waals surface area contributed by atoms with Gasteiger partial charge in [0.25, 0.3) is 0 Å². The SMILES string of the molecule is CCOC(=O)C(S)OC(S)C(=O)O. The highest BCUT2D eigenvalue weighted by Crippen LogP contribution is 2.08. The number of hydrogen-bond acceptors (Lipinski definition) is 6. The average molecular weight is 226 g/mol. The molecular formula is C6H10O5S2. The highest BCUT2D eigenvalue weighted by molar-refractivity contribution is 7.82. The molecule has 76 valence electrons. The van der Waals surface area contributed by atoms with E-state index in [-0.39, 0.29) is 6.61 Å². The van der Waals surface area contributed by atoms with Crippen molar-refractivity contribution in [3.05, 3.63) is 0 Å². The van der Waals surface area contributed by atoms with Crippen molar-refractivity contribution in [1.82, 2.24) is 0 Å². The number of ether oxygens (including phenoxy) is 2. The molecule has 0 spiro atoms. The molecule has 1 N–H and O–H groups in total. The molecule has 0 bridgehead atoms. The van der Waals surface area contributed by atoms with Crippen molar-refractivity contribution in [2.75, 3.05) is 6.61 Å². The van der Waals surface area contributed by atoms with E-state index in [4.69, 9.17) is 5.11 Å². The van der Waals surface area contributed by atoms with E-state index >= 15 is 0 Å². The Morgan fingerprint density at radius 2 is 1.92 bits per heavy atom. The van der Waals surface area contributed by atoms with Gasteiger partial charge in [-0.15, -0.1) is 25.3 Å². The number of thiol groups is 2. The Bertz CT molecular complexity index is 195. The summed E-state index contributed by atoms with van der Waals surface area (Å²) in [6, 6.07) is 0. The van der Waals surface area contributed by atoms with Crippen molar-refractivity contribution < 1.29 is 24.2 Å². The van der Waals surface area contributed by atoms with E-state index in [0.29, 0.717) is 0 Å². The molecule has 0 saturated heterocycles. The minimum atomic E-state index is -1.38. The van der Waals surface area contributed by atoms with Crippen LogP contribution in [0, 0.1) is 0 Å². The predicted molar refractivity (Wildman–Crippen MR) is 50.9 cm³/mol. The predicted octanol–water partition coefficient (Wildman–Crippen LogP) is 0.162. The van der Waals surface area contributed by atoms with Crippen molar-refractivity contribution in [3.63, 3.8) is 0 Å². The van der Waals surface area contributed by atoms with Crippen molar-refractivity contribution in [1.29, 1.82) is 0 Å². The Hall–Kier alpha value is -0.400. The molecule has 7 heteroatoms. The van der Waals surface area contributed by atoms with Crippen LogP contribution in [0.5, 0.6) is 0 Å². The van der Waals surface area contributed by atoms with E-state index in [0.717, 1.165) is 0 Å². The molecule has 0 aliphatic rings. The van der Waals surface area contributed by atoms with E-state index in [9.17, 15) is 9.59 Å². The molecule has 0 aromatic carbocycles. The maximum atomic E-state index is 10.9. The molecule has 5 nitrogen and oxygen atoms in total. The second-order valence-electron chi connectivity index (χ2n) is 1.93. The molecule has 0 heterocycles. The third-order valence-electron chi connectivity index (χ3n) is 0.957. The molecule has 2 atom stereocenters. The number of esters is 1. The minimum absolute atomic E-state index is 0.184. The van der Waals surface area contributed by atoms with Crippen molar-refractivity contribution >= 4 is 37.2 Å². The zero-order valence-electron chi connectivity index (χ0n) is 6.84. The van der Waals surface area contributed by atoms with Crippen molar-refractivity contribution in [2.24, 2.45) is 0 Å². The number of aliphatic carboxylic acids is 1. The smallest absolute Gasteiger partial charge is 0.345 e. The summed E-state index contributed by atoms with van der Waals surface area (Å²) in [5.41, 5.74) is -2.61. The Kier molecular flexibility index (Phi) is 5.93. The van der Waals surface area contributed by atoms with Crippen molar-refractivity contribution in [2.45, 2.75) is 17.8 Å². The third-order valence-corrected chi connectivity index (χ3v) is 1.63. The van der Waals surface area contributed by atoms with Crippen LogP contribution in [0.4, 0.5) is 0 Å². The fourth-order valence-corrected chi connectivity index (χ4v) is 0.863. The standard InChI is InChI=1S/C6H10O5S2/c1-2-10-4(9)6(13)11-5(12)3(7)8/h5-6,12-13H,2H2,1H3,(H,7,8). The van der Waals surface area contributed by atoms with Gasteiger partial charge in [0.05, 0.1) is 6.61 Å². The molecule has 0 amide bonds. The summed E-state index contributed by atoms with van der Waals surface area (Å²) < 4.78 is 9.10. The summed E-state index contributed by atoms with van der Waals surface area (Å²) in [6.07, 6.45) is 0. The van der Waals surface area contributed by atoms with Crippen LogP contribution >= 0.6 is 25.3 Å². The molecule has 13 heavy (non-hydrogen) atoms. The second-order valence-corrected chi connectivity index (χ2v) is 2.87. The molecule has 0 rings (SSSR count). The fourth-order valence-electron chi connectivity index (χ4n) is 0.449. The van der Waals surface area contributed by atoms with Gasteiger partial charge in [-0.1, -0.05) is 0 Å². The number of carbonyl (C=O) groups is 2. The second kappa shape index (κ2) is 6.11. The normalized spacial score (nSPS) is 14.7. The molecular weight excluding hydrogens is 216 g/mol. The fraction of sp³-hybridized carbons (Fsp3) is 0.667. The lowest BCUT2D eigenvalue weighted by atomic mass is 10.6. The summed E-state index contributed by atoms with van der Waals surface area (Å²) in [4.78, 5) is 21.1. The van der Waals surface area contributed by atoms with E-state index in [1.165, 1.54) is 0 Å². The van der Waals surface area contributed by atoms with Gasteiger partial charge in [0, 0.05) is 0 Å². The topological polar surface area (TPSA) is 72.8 Å². The number of carbonyl (C=O) groups excluding carboxylic acids is 1. The first-order valence-corrected chi connectivity index (χ1v) is 4.43. The van der Waals surface area contributed by atoms with E-state index < -0.39 is 22.8 Å². The van der Waals surface area contributed by atoms with E-state index in [1.807, 2.05) is 0 Å². The molecule has 0 fully saturated rings. The summed E-state index contributed by atoms with van der Waals surface area (Å²) in [7, 11) is 0. The lowest BCUT2D eigenvalue weighted by molar-refractivity contribution is -0.156. The van der Waals surface area contributed by atoms with Gasteiger partial charge in [-0.2, -0.15) is 0 Å². The summed E-state index contributed by atoms with van der Waals surface area (Å²) in [6.45, 7) is 1.80. The summed E-state index contributed by atoms with van der Waals surface area (Å²) in [5.74, 6) is -2.02. The van der Waals surface area contributed by atoms with Crippen LogP contribution in [0.2, 0.25) is 0 Å². The lowest BCUT2D eigenvalue weighted by Crippen LogP contribution is -2.28. The number of carboxylic acids is 1. The van der Waals surface area contributed by atoms with Crippen LogP contribution < -0.4 is 0 Å². The van der Waals surface area contributed by atoms with Gasteiger partial charge in [0.1, 0.15) is 0 Å². The Labute approximate surface area is 86.2 Å². The molecule has 0 radical (unpaired) electrons. The van der Waals surface area contributed by atoms with Crippen LogP contribution in [-0.4, -0.2) is 34.5 Å². The molecule has 0 aromatic rings. The summed E-state index contributed by atoms with van der Waals surface area (Å²) >= 11 is 7.23. The first-order chi connectivity index (χ1) is 5.99. The number of rotatable bonds is 5. The van der Waals surface area contributed by atoms with E-state index in [1.54, 1.807) is 6.92 Å². The van der Waals surface area contributed by atoms with Crippen LogP contribution in [0.1, 0.15) is 6.92 Å². The molecule has 2 unspecified atom stereocenters. The zero-order chi connectivity index (χ0) is 10.4. The van der Waals surface area contributed by atoms with Gasteiger partial charge >= 0.3 is 11.9 Å². The van der Waals surface area contributed by atoms with E-state index in [2.05, 4.69) is 34.7 Å². The largest absolute Gasteiger partial charge is 0.479 e. The molecule has 0 aliphatic carbocycles. The maximum Gasteiger partial charge on any atom is 0.345 e. The molecule has 0 aromatic heterocycles. The first-order valence-electron chi connectivity index (χ1n) is 3.40. The maximum absolute atomic E-state index is 10.9.